The van der Waals surface area contributed by atoms with Crippen molar-refractivity contribution in [3.05, 3.63) is 89.7 Å². The van der Waals surface area contributed by atoms with Crippen molar-refractivity contribution >= 4 is 28.9 Å². The van der Waals surface area contributed by atoms with Crippen LogP contribution in [0.5, 0.6) is 5.75 Å². The standard InChI is InChI=1S/C32H35N5O2/c1-21-11-12-25(32(38)37-28-18-23(13-14-29(28)39-3)22-8-5-4-6-9-22)19-27(21)36-31-26(10-7-16-35-31)24-15-17-34-30(20-24)33-2/h7,10-20,22H,4-6,8-9H2,1-3H3,(H,33,34)(H,35,36)(H,37,38). The zero-order valence-corrected chi connectivity index (χ0v) is 22.8. The highest BCUT2D eigenvalue weighted by atomic mass is 16.5. The average Bonchev–Trinajstić information content (AvgIpc) is 2.99. The third kappa shape index (κ3) is 6.03. The third-order valence-corrected chi connectivity index (χ3v) is 7.44. The number of carbonyl (C=O) groups excluding carboxylic acids is 1. The summed E-state index contributed by atoms with van der Waals surface area (Å²) >= 11 is 0. The Balaban J connectivity index is 1.40. The predicted molar refractivity (Wildman–Crippen MR) is 158 cm³/mol. The molecule has 5 rings (SSSR count). The molecule has 39 heavy (non-hydrogen) atoms. The summed E-state index contributed by atoms with van der Waals surface area (Å²) in [6.45, 7) is 2.01. The van der Waals surface area contributed by atoms with Crippen molar-refractivity contribution in [3.63, 3.8) is 0 Å². The SMILES string of the molecule is CNc1cc(-c2cccnc2Nc2cc(C(=O)Nc3cc(C4CCCCC4)ccc3OC)ccc2C)ccn1. The van der Waals surface area contributed by atoms with Crippen molar-refractivity contribution < 1.29 is 9.53 Å². The van der Waals surface area contributed by atoms with Crippen LogP contribution in [0.2, 0.25) is 0 Å². The lowest BCUT2D eigenvalue weighted by molar-refractivity contribution is 0.102. The molecule has 0 atom stereocenters. The average molecular weight is 522 g/mol. The molecule has 1 saturated carbocycles. The number of rotatable bonds is 8. The van der Waals surface area contributed by atoms with E-state index in [1.807, 2.05) is 62.5 Å². The number of anilines is 4. The smallest absolute Gasteiger partial charge is 0.255 e. The van der Waals surface area contributed by atoms with Gasteiger partial charge in [0.25, 0.3) is 5.91 Å². The molecule has 0 unspecified atom stereocenters. The summed E-state index contributed by atoms with van der Waals surface area (Å²) in [5, 5.41) is 9.63. The molecule has 1 aliphatic carbocycles. The van der Waals surface area contributed by atoms with E-state index in [0.29, 0.717) is 28.7 Å². The van der Waals surface area contributed by atoms with E-state index in [-0.39, 0.29) is 5.91 Å². The van der Waals surface area contributed by atoms with Crippen LogP contribution in [-0.4, -0.2) is 30.0 Å². The summed E-state index contributed by atoms with van der Waals surface area (Å²) in [5.74, 6) is 2.48. The van der Waals surface area contributed by atoms with E-state index in [1.165, 1.54) is 37.7 Å². The maximum Gasteiger partial charge on any atom is 0.255 e. The van der Waals surface area contributed by atoms with Crippen molar-refractivity contribution in [2.24, 2.45) is 0 Å². The molecule has 0 bridgehead atoms. The topological polar surface area (TPSA) is 88.2 Å². The fourth-order valence-corrected chi connectivity index (χ4v) is 5.21. The van der Waals surface area contributed by atoms with Crippen LogP contribution >= 0.6 is 0 Å². The molecule has 1 fully saturated rings. The van der Waals surface area contributed by atoms with Gasteiger partial charge in [0.15, 0.2) is 0 Å². The number of hydrogen-bond acceptors (Lipinski definition) is 6. The van der Waals surface area contributed by atoms with Crippen LogP contribution in [-0.2, 0) is 0 Å². The summed E-state index contributed by atoms with van der Waals surface area (Å²) in [7, 11) is 3.47. The Morgan fingerprint density at radius 2 is 1.77 bits per heavy atom. The second kappa shape index (κ2) is 12.0. The predicted octanol–water partition coefficient (Wildman–Crippen LogP) is 7.55. The molecular weight excluding hydrogens is 486 g/mol. The Kier molecular flexibility index (Phi) is 8.06. The molecule has 1 amide bonds. The van der Waals surface area contributed by atoms with Gasteiger partial charge >= 0.3 is 0 Å². The fraction of sp³-hybridized carbons (Fsp3) is 0.281. The first-order valence-corrected chi connectivity index (χ1v) is 13.5. The Hall–Kier alpha value is -4.39. The summed E-state index contributed by atoms with van der Waals surface area (Å²) in [6, 6.07) is 19.7. The number of aromatic nitrogens is 2. The lowest BCUT2D eigenvalue weighted by atomic mass is 9.84. The van der Waals surface area contributed by atoms with Gasteiger partial charge in [-0.25, -0.2) is 9.97 Å². The van der Waals surface area contributed by atoms with Gasteiger partial charge in [0.1, 0.15) is 17.4 Å². The van der Waals surface area contributed by atoms with E-state index < -0.39 is 0 Å². The van der Waals surface area contributed by atoms with E-state index in [2.05, 4.69) is 38.1 Å². The minimum Gasteiger partial charge on any atom is -0.495 e. The van der Waals surface area contributed by atoms with Crippen molar-refractivity contribution in [2.45, 2.75) is 44.9 Å². The highest BCUT2D eigenvalue weighted by Crippen LogP contribution is 2.37. The highest BCUT2D eigenvalue weighted by Gasteiger charge is 2.19. The first-order chi connectivity index (χ1) is 19.1. The zero-order valence-electron chi connectivity index (χ0n) is 22.8. The van der Waals surface area contributed by atoms with Gasteiger partial charge in [-0.15, -0.1) is 0 Å². The van der Waals surface area contributed by atoms with Gasteiger partial charge < -0.3 is 20.7 Å². The molecule has 7 heteroatoms. The van der Waals surface area contributed by atoms with Gasteiger partial charge in [-0.05, 0) is 90.9 Å². The third-order valence-electron chi connectivity index (χ3n) is 7.44. The number of amides is 1. The van der Waals surface area contributed by atoms with E-state index >= 15 is 0 Å². The van der Waals surface area contributed by atoms with Crippen LogP contribution in [0.1, 0.15) is 59.5 Å². The second-order valence-corrected chi connectivity index (χ2v) is 9.98. The van der Waals surface area contributed by atoms with Crippen LogP contribution in [0.3, 0.4) is 0 Å². The van der Waals surface area contributed by atoms with Crippen LogP contribution < -0.4 is 20.7 Å². The molecule has 200 valence electrons. The number of nitrogens with zero attached hydrogens (tertiary/aromatic N) is 2. The summed E-state index contributed by atoms with van der Waals surface area (Å²) in [6.07, 6.45) is 9.73. The maximum absolute atomic E-state index is 13.4. The van der Waals surface area contributed by atoms with Gasteiger partial charge in [-0.2, -0.15) is 0 Å². The lowest BCUT2D eigenvalue weighted by Crippen LogP contribution is -2.14. The number of carbonyl (C=O) groups is 1. The Labute approximate surface area is 230 Å². The summed E-state index contributed by atoms with van der Waals surface area (Å²) < 4.78 is 5.57. The highest BCUT2D eigenvalue weighted by molar-refractivity contribution is 6.06. The molecule has 7 nitrogen and oxygen atoms in total. The number of methoxy groups -OCH3 is 1. The Morgan fingerprint density at radius 1 is 0.923 bits per heavy atom. The van der Waals surface area contributed by atoms with Crippen LogP contribution in [0.25, 0.3) is 11.1 Å². The minimum absolute atomic E-state index is 0.189. The summed E-state index contributed by atoms with van der Waals surface area (Å²) in [4.78, 5) is 22.3. The number of ether oxygens (including phenoxy) is 1. The summed E-state index contributed by atoms with van der Waals surface area (Å²) in [5.41, 5.74) is 6.26. The second-order valence-electron chi connectivity index (χ2n) is 9.98. The quantitative estimate of drug-likeness (QED) is 0.222. The van der Waals surface area contributed by atoms with Crippen LogP contribution in [0.4, 0.5) is 23.0 Å². The molecule has 1 aliphatic rings. The van der Waals surface area contributed by atoms with Crippen molar-refractivity contribution in [3.8, 4) is 16.9 Å². The lowest BCUT2D eigenvalue weighted by Gasteiger charge is -2.23. The van der Waals surface area contributed by atoms with E-state index in [1.54, 1.807) is 19.5 Å². The molecule has 0 saturated heterocycles. The molecule has 4 aromatic rings. The van der Waals surface area contributed by atoms with Gasteiger partial charge in [0, 0.05) is 36.3 Å². The molecule has 0 spiro atoms. The van der Waals surface area contributed by atoms with Crippen molar-refractivity contribution in [2.75, 3.05) is 30.1 Å². The number of hydrogen-bond donors (Lipinski definition) is 3. The van der Waals surface area contributed by atoms with Crippen LogP contribution in [0.15, 0.2) is 73.1 Å². The van der Waals surface area contributed by atoms with Crippen molar-refractivity contribution in [1.29, 1.82) is 0 Å². The first kappa shape index (κ1) is 26.2. The molecule has 2 heterocycles. The Morgan fingerprint density at radius 3 is 2.56 bits per heavy atom. The van der Waals surface area contributed by atoms with Gasteiger partial charge in [-0.1, -0.05) is 31.4 Å². The molecule has 0 aliphatic heterocycles. The maximum atomic E-state index is 13.4. The van der Waals surface area contributed by atoms with Crippen molar-refractivity contribution in [1.82, 2.24) is 9.97 Å². The normalized spacial score (nSPS) is 13.5. The number of benzene rings is 2. The zero-order chi connectivity index (χ0) is 27.2. The van der Waals surface area contributed by atoms with E-state index in [9.17, 15) is 4.79 Å². The first-order valence-electron chi connectivity index (χ1n) is 13.5. The number of nitrogens with one attached hydrogen (secondary N) is 3. The molecular formula is C32H35N5O2. The number of aryl methyl sites for hydroxylation is 1. The fourth-order valence-electron chi connectivity index (χ4n) is 5.21. The number of pyridine rings is 2. The molecule has 2 aromatic heterocycles. The molecule has 0 radical (unpaired) electrons. The largest absolute Gasteiger partial charge is 0.495 e. The Bertz CT molecular complexity index is 1460. The van der Waals surface area contributed by atoms with E-state index in [0.717, 1.165) is 28.2 Å². The monoisotopic (exact) mass is 521 g/mol. The van der Waals surface area contributed by atoms with Gasteiger partial charge in [-0.3, -0.25) is 4.79 Å². The molecule has 3 N–H and O–H groups in total. The molecule has 2 aromatic carbocycles. The van der Waals surface area contributed by atoms with E-state index in [4.69, 9.17) is 4.74 Å². The van der Waals surface area contributed by atoms with Gasteiger partial charge in [0.2, 0.25) is 0 Å². The van der Waals surface area contributed by atoms with Gasteiger partial charge in [0.05, 0.1) is 12.8 Å². The minimum atomic E-state index is -0.189. The van der Waals surface area contributed by atoms with Crippen LogP contribution in [0, 0.1) is 6.92 Å².